The van der Waals surface area contributed by atoms with E-state index in [-0.39, 0.29) is 17.2 Å². The third kappa shape index (κ3) is 4.83. The first kappa shape index (κ1) is 20.6. The van der Waals surface area contributed by atoms with E-state index in [1.807, 2.05) is 40.1 Å². The molecule has 3 rings (SSSR count). The smallest absolute Gasteiger partial charge is 0.239 e. The Morgan fingerprint density at radius 3 is 2.75 bits per heavy atom. The Morgan fingerprint density at radius 2 is 2.11 bits per heavy atom. The van der Waals surface area contributed by atoms with Crippen LogP contribution in [-0.2, 0) is 11.3 Å². The maximum atomic E-state index is 12.8. The van der Waals surface area contributed by atoms with Crippen molar-refractivity contribution in [3.63, 3.8) is 0 Å². The Morgan fingerprint density at radius 1 is 1.32 bits per heavy atom. The summed E-state index contributed by atoms with van der Waals surface area (Å²) >= 11 is 1.67. The highest BCUT2D eigenvalue weighted by atomic mass is 32.2. The van der Waals surface area contributed by atoms with Crippen molar-refractivity contribution in [3.8, 4) is 5.75 Å². The maximum absolute atomic E-state index is 12.8. The highest BCUT2D eigenvalue weighted by molar-refractivity contribution is 7.99. The topological polar surface area (TPSA) is 58.6 Å². The first-order chi connectivity index (χ1) is 13.4. The minimum Gasteiger partial charge on any atom is -0.496 e. The van der Waals surface area contributed by atoms with E-state index in [0.29, 0.717) is 0 Å². The van der Waals surface area contributed by atoms with Crippen molar-refractivity contribution < 1.29 is 9.53 Å². The van der Waals surface area contributed by atoms with Gasteiger partial charge in [0.25, 0.3) is 0 Å². The molecule has 1 amide bonds. The predicted octanol–water partition coefficient (Wildman–Crippen LogP) is 2.93. The van der Waals surface area contributed by atoms with Gasteiger partial charge in [0.2, 0.25) is 5.91 Å². The van der Waals surface area contributed by atoms with E-state index in [4.69, 9.17) is 4.74 Å². The van der Waals surface area contributed by atoms with Crippen LogP contribution in [0.15, 0.2) is 35.6 Å². The summed E-state index contributed by atoms with van der Waals surface area (Å²) in [6, 6.07) is 7.98. The van der Waals surface area contributed by atoms with Crippen molar-refractivity contribution in [2.24, 2.45) is 0 Å². The van der Waals surface area contributed by atoms with Crippen molar-refractivity contribution in [1.82, 2.24) is 19.8 Å². The SMILES string of the molecule is COc1ccc(CN2C[C@H](Sc3nccc(C)n3)C[C@H]2C(=O)N(C)C)cc1C. The number of hydrogen-bond acceptors (Lipinski definition) is 6. The van der Waals surface area contributed by atoms with Gasteiger partial charge in [-0.05, 0) is 43.5 Å². The second kappa shape index (κ2) is 8.92. The molecule has 2 aromatic rings. The zero-order valence-electron chi connectivity index (χ0n) is 17.2. The average Bonchev–Trinajstić information content (AvgIpc) is 3.03. The summed E-state index contributed by atoms with van der Waals surface area (Å²) in [6.07, 6.45) is 2.59. The number of amides is 1. The van der Waals surface area contributed by atoms with Gasteiger partial charge >= 0.3 is 0 Å². The summed E-state index contributed by atoms with van der Waals surface area (Å²) < 4.78 is 5.36. The van der Waals surface area contributed by atoms with Crippen molar-refractivity contribution >= 4 is 17.7 Å². The number of likely N-dealkylation sites (N-methyl/N-ethyl adjacent to an activating group) is 1. The molecule has 150 valence electrons. The summed E-state index contributed by atoms with van der Waals surface area (Å²) in [5.41, 5.74) is 3.25. The van der Waals surface area contributed by atoms with Crippen LogP contribution in [0.2, 0.25) is 0 Å². The lowest BCUT2D eigenvalue weighted by atomic mass is 10.1. The number of rotatable bonds is 6. The molecule has 0 aliphatic carbocycles. The van der Waals surface area contributed by atoms with Crippen LogP contribution in [-0.4, -0.2) is 64.7 Å². The molecule has 1 saturated heterocycles. The second-order valence-corrected chi connectivity index (χ2v) is 8.71. The molecule has 28 heavy (non-hydrogen) atoms. The van der Waals surface area contributed by atoms with Gasteiger partial charge in [-0.15, -0.1) is 0 Å². The first-order valence-corrected chi connectivity index (χ1v) is 10.3. The van der Waals surface area contributed by atoms with E-state index < -0.39 is 0 Å². The van der Waals surface area contributed by atoms with E-state index in [1.54, 1.807) is 30.0 Å². The van der Waals surface area contributed by atoms with Crippen molar-refractivity contribution in [1.29, 1.82) is 0 Å². The number of nitrogens with zero attached hydrogens (tertiary/aromatic N) is 4. The molecule has 0 N–H and O–H groups in total. The fourth-order valence-corrected chi connectivity index (χ4v) is 4.74. The molecule has 7 heteroatoms. The summed E-state index contributed by atoms with van der Waals surface area (Å²) in [7, 11) is 5.33. The summed E-state index contributed by atoms with van der Waals surface area (Å²) in [5.74, 6) is 1.04. The third-order valence-electron chi connectivity index (χ3n) is 4.98. The van der Waals surface area contributed by atoms with E-state index in [2.05, 4.69) is 27.0 Å². The van der Waals surface area contributed by atoms with Gasteiger partial charge in [0, 0.05) is 44.3 Å². The molecular weight excluding hydrogens is 372 g/mol. The van der Waals surface area contributed by atoms with Gasteiger partial charge in [0.15, 0.2) is 5.16 Å². The lowest BCUT2D eigenvalue weighted by molar-refractivity contribution is -0.133. The van der Waals surface area contributed by atoms with E-state index in [1.165, 1.54) is 5.56 Å². The van der Waals surface area contributed by atoms with Crippen molar-refractivity contribution in [2.45, 2.75) is 43.3 Å². The van der Waals surface area contributed by atoms with Gasteiger partial charge < -0.3 is 9.64 Å². The normalized spacial score (nSPS) is 19.6. The van der Waals surface area contributed by atoms with Crippen LogP contribution < -0.4 is 4.74 Å². The molecule has 0 bridgehead atoms. The van der Waals surface area contributed by atoms with Crippen LogP contribution in [0.3, 0.4) is 0 Å². The molecule has 2 heterocycles. The molecule has 1 aromatic carbocycles. The number of methoxy groups -OCH3 is 1. The molecule has 1 fully saturated rings. The van der Waals surface area contributed by atoms with E-state index >= 15 is 0 Å². The maximum Gasteiger partial charge on any atom is 0.239 e. The van der Waals surface area contributed by atoms with Crippen LogP contribution in [0.1, 0.15) is 23.2 Å². The average molecular weight is 401 g/mol. The minimum absolute atomic E-state index is 0.125. The number of thioether (sulfide) groups is 1. The third-order valence-corrected chi connectivity index (χ3v) is 6.06. The standard InChI is InChI=1S/C21H28N4O2S/c1-14-10-16(6-7-19(14)27-5)12-25-13-17(11-18(25)20(26)24(3)4)28-21-22-9-8-15(2)23-21/h6-10,17-18H,11-13H2,1-5H3/t17-,18+/m1/s1. The van der Waals surface area contributed by atoms with Gasteiger partial charge in [-0.25, -0.2) is 9.97 Å². The second-order valence-electron chi connectivity index (χ2n) is 7.44. The highest BCUT2D eigenvalue weighted by Gasteiger charge is 2.38. The quantitative estimate of drug-likeness (QED) is 0.695. The number of carbonyl (C=O) groups is 1. The number of aromatic nitrogens is 2. The largest absolute Gasteiger partial charge is 0.496 e. The Hall–Kier alpha value is -2.12. The summed E-state index contributed by atoms with van der Waals surface area (Å²) in [6.45, 7) is 5.58. The number of aryl methyl sites for hydroxylation is 2. The Labute approximate surface area is 171 Å². The van der Waals surface area contributed by atoms with Gasteiger partial charge in [-0.1, -0.05) is 23.9 Å². The molecule has 0 spiro atoms. The van der Waals surface area contributed by atoms with Gasteiger partial charge in [0.05, 0.1) is 13.2 Å². The molecule has 0 radical (unpaired) electrons. The van der Waals surface area contributed by atoms with Gasteiger partial charge in [-0.3, -0.25) is 9.69 Å². The van der Waals surface area contributed by atoms with E-state index in [9.17, 15) is 4.79 Å². The van der Waals surface area contributed by atoms with Gasteiger partial charge in [-0.2, -0.15) is 0 Å². The monoisotopic (exact) mass is 400 g/mol. The number of hydrogen-bond donors (Lipinski definition) is 0. The lowest BCUT2D eigenvalue weighted by Gasteiger charge is -2.26. The van der Waals surface area contributed by atoms with Crippen LogP contribution in [0.5, 0.6) is 5.75 Å². The first-order valence-electron chi connectivity index (χ1n) is 9.42. The fourth-order valence-electron chi connectivity index (χ4n) is 3.58. The Balaban J connectivity index is 1.76. The minimum atomic E-state index is -0.125. The highest BCUT2D eigenvalue weighted by Crippen LogP contribution is 2.33. The van der Waals surface area contributed by atoms with Crippen LogP contribution >= 0.6 is 11.8 Å². The Kier molecular flexibility index (Phi) is 6.57. The van der Waals surface area contributed by atoms with E-state index in [0.717, 1.165) is 41.7 Å². The van der Waals surface area contributed by atoms with Crippen molar-refractivity contribution in [3.05, 3.63) is 47.3 Å². The van der Waals surface area contributed by atoms with Crippen LogP contribution in [0.25, 0.3) is 0 Å². The molecule has 0 saturated carbocycles. The van der Waals surface area contributed by atoms with Gasteiger partial charge in [0.1, 0.15) is 5.75 Å². The Bertz CT molecular complexity index is 843. The lowest BCUT2D eigenvalue weighted by Crippen LogP contribution is -2.42. The molecule has 2 atom stereocenters. The summed E-state index contributed by atoms with van der Waals surface area (Å²) in [4.78, 5) is 25.6. The fraction of sp³-hybridized carbons (Fsp3) is 0.476. The number of likely N-dealkylation sites (tertiary alicyclic amines) is 1. The number of carbonyl (C=O) groups excluding carboxylic acids is 1. The predicted molar refractivity (Wildman–Crippen MR) is 112 cm³/mol. The zero-order valence-corrected chi connectivity index (χ0v) is 18.0. The summed E-state index contributed by atoms with van der Waals surface area (Å²) in [5, 5.41) is 1.07. The molecule has 1 aromatic heterocycles. The van der Waals surface area contributed by atoms with Crippen molar-refractivity contribution in [2.75, 3.05) is 27.7 Å². The molecule has 1 aliphatic rings. The molecule has 0 unspecified atom stereocenters. The molecular formula is C21H28N4O2S. The number of benzene rings is 1. The number of ether oxygens (including phenoxy) is 1. The van der Waals surface area contributed by atoms with Crippen LogP contribution in [0.4, 0.5) is 0 Å². The van der Waals surface area contributed by atoms with Crippen LogP contribution in [0, 0.1) is 13.8 Å². The zero-order chi connectivity index (χ0) is 20.3. The molecule has 6 nitrogen and oxygen atoms in total. The molecule has 1 aliphatic heterocycles.